The number of hydrogen-bond acceptors (Lipinski definition) is 2. The van der Waals surface area contributed by atoms with Crippen molar-refractivity contribution in [3.63, 3.8) is 0 Å². The molecule has 3 nitrogen and oxygen atoms in total. The first-order chi connectivity index (χ1) is 6.15. The fraction of sp³-hybridized carbons (Fsp3) is 0.556. The molecule has 1 heterocycles. The summed E-state index contributed by atoms with van der Waals surface area (Å²) in [5.74, 6) is 0.686. The summed E-state index contributed by atoms with van der Waals surface area (Å²) in [5.41, 5.74) is -0.0639. The molecule has 0 saturated carbocycles. The third-order valence-corrected chi connectivity index (χ3v) is 2.10. The zero-order valence-corrected chi connectivity index (χ0v) is 8.64. The van der Waals surface area contributed by atoms with E-state index >= 15 is 0 Å². The van der Waals surface area contributed by atoms with Crippen molar-refractivity contribution in [2.24, 2.45) is 0 Å². The monoisotopic (exact) mass is 200 g/mol. The summed E-state index contributed by atoms with van der Waals surface area (Å²) < 4.78 is 1.65. The molecular formula is C9H13ClN2O. The maximum absolute atomic E-state index is 11.4. The van der Waals surface area contributed by atoms with E-state index in [4.69, 9.17) is 11.6 Å². The van der Waals surface area contributed by atoms with Crippen molar-refractivity contribution in [3.8, 4) is 0 Å². The molecule has 0 unspecified atom stereocenters. The fourth-order valence-electron chi connectivity index (χ4n) is 1.17. The van der Waals surface area contributed by atoms with Crippen LogP contribution in [-0.4, -0.2) is 9.55 Å². The number of halogens is 1. The number of rotatable bonds is 3. The average Bonchev–Trinajstić information content (AvgIpc) is 2.02. The van der Waals surface area contributed by atoms with Crippen molar-refractivity contribution in [2.75, 3.05) is 0 Å². The molecule has 1 aromatic heterocycles. The van der Waals surface area contributed by atoms with Gasteiger partial charge >= 0.3 is 0 Å². The minimum atomic E-state index is -0.0639. The maximum Gasteiger partial charge on any atom is 0.254 e. The highest BCUT2D eigenvalue weighted by atomic mass is 35.5. The van der Waals surface area contributed by atoms with E-state index in [1.807, 2.05) is 0 Å². The van der Waals surface area contributed by atoms with Crippen molar-refractivity contribution in [3.05, 3.63) is 27.4 Å². The molecule has 1 rings (SSSR count). The van der Waals surface area contributed by atoms with Crippen LogP contribution in [0.4, 0.5) is 0 Å². The number of nitrogens with zero attached hydrogens (tertiary/aromatic N) is 2. The Kier molecular flexibility index (Phi) is 3.48. The van der Waals surface area contributed by atoms with Crippen molar-refractivity contribution < 1.29 is 0 Å². The summed E-state index contributed by atoms with van der Waals surface area (Å²) in [7, 11) is 0. The van der Waals surface area contributed by atoms with E-state index in [1.165, 1.54) is 6.07 Å². The Labute approximate surface area is 82.4 Å². The maximum atomic E-state index is 11.4. The smallest absolute Gasteiger partial charge is 0.254 e. The first-order valence-electron chi connectivity index (χ1n) is 4.39. The van der Waals surface area contributed by atoms with Gasteiger partial charge in [-0.1, -0.05) is 24.9 Å². The Morgan fingerprint density at radius 3 is 2.85 bits per heavy atom. The van der Waals surface area contributed by atoms with Crippen molar-refractivity contribution in [1.29, 1.82) is 0 Å². The summed E-state index contributed by atoms with van der Waals surface area (Å²) in [5, 5.41) is 0.273. The van der Waals surface area contributed by atoms with Gasteiger partial charge < -0.3 is 0 Å². The molecule has 1 aromatic rings. The molecule has 0 aliphatic heterocycles. The zero-order valence-electron chi connectivity index (χ0n) is 7.88. The Morgan fingerprint density at radius 2 is 2.31 bits per heavy atom. The highest BCUT2D eigenvalue weighted by Gasteiger charge is 2.02. The van der Waals surface area contributed by atoms with Crippen LogP contribution in [0.25, 0.3) is 0 Å². The molecule has 0 spiro atoms. The number of unbranched alkanes of at least 4 members (excludes halogenated alkanes) is 1. The lowest BCUT2D eigenvalue weighted by Crippen LogP contribution is -2.22. The predicted molar refractivity (Wildman–Crippen MR) is 53.2 cm³/mol. The van der Waals surface area contributed by atoms with Crippen molar-refractivity contribution >= 4 is 11.6 Å². The molecule has 0 aliphatic carbocycles. The minimum absolute atomic E-state index is 0.0639. The Hall–Kier alpha value is -0.830. The van der Waals surface area contributed by atoms with E-state index in [-0.39, 0.29) is 10.7 Å². The topological polar surface area (TPSA) is 34.9 Å². The Bertz CT molecular complexity index is 346. The first-order valence-corrected chi connectivity index (χ1v) is 4.77. The number of aromatic nitrogens is 2. The second-order valence-electron chi connectivity index (χ2n) is 2.97. The van der Waals surface area contributed by atoms with E-state index in [9.17, 15) is 4.79 Å². The molecule has 0 aliphatic rings. The van der Waals surface area contributed by atoms with Crippen LogP contribution >= 0.6 is 11.6 Å². The van der Waals surface area contributed by atoms with E-state index < -0.39 is 0 Å². The van der Waals surface area contributed by atoms with Gasteiger partial charge in [0.2, 0.25) is 0 Å². The molecule has 0 atom stereocenters. The van der Waals surface area contributed by atoms with Crippen LogP contribution in [-0.2, 0) is 6.54 Å². The van der Waals surface area contributed by atoms with Crippen LogP contribution in [0.15, 0.2) is 10.9 Å². The largest absolute Gasteiger partial charge is 0.297 e. The molecule has 72 valence electrons. The van der Waals surface area contributed by atoms with E-state index in [0.29, 0.717) is 5.82 Å². The fourth-order valence-corrected chi connectivity index (χ4v) is 1.39. The molecule has 0 N–H and O–H groups in total. The van der Waals surface area contributed by atoms with Crippen LogP contribution < -0.4 is 5.56 Å². The normalized spacial score (nSPS) is 10.4. The van der Waals surface area contributed by atoms with E-state index in [2.05, 4.69) is 11.9 Å². The minimum Gasteiger partial charge on any atom is -0.297 e. The van der Waals surface area contributed by atoms with E-state index in [1.54, 1.807) is 11.5 Å². The molecule has 0 saturated heterocycles. The van der Waals surface area contributed by atoms with Crippen LogP contribution in [0.3, 0.4) is 0 Å². The molecule has 0 aromatic carbocycles. The van der Waals surface area contributed by atoms with Gasteiger partial charge in [0.05, 0.1) is 0 Å². The lowest BCUT2D eigenvalue weighted by Gasteiger charge is -2.07. The highest BCUT2D eigenvalue weighted by Crippen LogP contribution is 2.02. The van der Waals surface area contributed by atoms with Crippen LogP contribution in [0, 0.1) is 6.92 Å². The standard InChI is InChI=1S/C9H13ClN2O/c1-3-4-5-12-7(2)11-8(10)6-9(12)13/h6H,3-5H2,1-2H3. The first kappa shape index (κ1) is 10.3. The Morgan fingerprint density at radius 1 is 1.62 bits per heavy atom. The molecular weight excluding hydrogens is 188 g/mol. The molecule has 13 heavy (non-hydrogen) atoms. The second-order valence-corrected chi connectivity index (χ2v) is 3.36. The van der Waals surface area contributed by atoms with Gasteiger partial charge in [-0.15, -0.1) is 0 Å². The molecule has 0 fully saturated rings. The molecule has 0 amide bonds. The number of aryl methyl sites for hydroxylation is 1. The van der Waals surface area contributed by atoms with Gasteiger partial charge in [0, 0.05) is 12.6 Å². The van der Waals surface area contributed by atoms with Gasteiger partial charge in [-0.2, -0.15) is 0 Å². The van der Waals surface area contributed by atoms with Crippen LogP contribution in [0.5, 0.6) is 0 Å². The molecule has 0 bridgehead atoms. The van der Waals surface area contributed by atoms with Gasteiger partial charge in [-0.05, 0) is 13.3 Å². The van der Waals surface area contributed by atoms with Crippen molar-refractivity contribution in [2.45, 2.75) is 33.2 Å². The Balaban J connectivity index is 2.99. The average molecular weight is 201 g/mol. The summed E-state index contributed by atoms with van der Waals surface area (Å²) in [6, 6.07) is 1.35. The predicted octanol–water partition coefficient (Wildman–Crippen LogP) is 2.01. The van der Waals surface area contributed by atoms with Crippen LogP contribution in [0.2, 0.25) is 5.15 Å². The number of hydrogen-bond donors (Lipinski definition) is 0. The molecule has 4 heteroatoms. The summed E-state index contributed by atoms with van der Waals surface area (Å²) in [4.78, 5) is 15.4. The van der Waals surface area contributed by atoms with Crippen LogP contribution in [0.1, 0.15) is 25.6 Å². The van der Waals surface area contributed by atoms with Gasteiger partial charge in [-0.3, -0.25) is 9.36 Å². The van der Waals surface area contributed by atoms with Gasteiger partial charge in [0.25, 0.3) is 5.56 Å². The van der Waals surface area contributed by atoms with Gasteiger partial charge in [-0.25, -0.2) is 4.98 Å². The van der Waals surface area contributed by atoms with Gasteiger partial charge in [0.1, 0.15) is 11.0 Å². The summed E-state index contributed by atoms with van der Waals surface area (Å²) in [6.45, 7) is 4.61. The third-order valence-electron chi connectivity index (χ3n) is 1.90. The lowest BCUT2D eigenvalue weighted by atomic mass is 10.3. The van der Waals surface area contributed by atoms with E-state index in [0.717, 1.165) is 19.4 Å². The summed E-state index contributed by atoms with van der Waals surface area (Å²) in [6.07, 6.45) is 2.05. The van der Waals surface area contributed by atoms with Crippen molar-refractivity contribution in [1.82, 2.24) is 9.55 Å². The SMILES string of the molecule is CCCCn1c(C)nc(Cl)cc1=O. The summed E-state index contributed by atoms with van der Waals surface area (Å²) >= 11 is 5.63. The second kappa shape index (κ2) is 4.42. The third kappa shape index (κ3) is 2.56. The molecule has 0 radical (unpaired) electrons. The van der Waals surface area contributed by atoms with Gasteiger partial charge in [0.15, 0.2) is 0 Å². The zero-order chi connectivity index (χ0) is 9.84. The highest BCUT2D eigenvalue weighted by molar-refractivity contribution is 6.29. The lowest BCUT2D eigenvalue weighted by molar-refractivity contribution is 0.585. The quantitative estimate of drug-likeness (QED) is 0.700.